The van der Waals surface area contributed by atoms with Crippen molar-refractivity contribution in [2.75, 3.05) is 39.5 Å². The van der Waals surface area contributed by atoms with Gasteiger partial charge in [0.05, 0.1) is 13.2 Å². The molecule has 0 rings (SSSR count). The zero-order chi connectivity index (χ0) is 38.2. The average Bonchev–Trinajstić information content (AvgIpc) is 3.14. The minimum Gasteiger partial charge on any atom is -0.463 e. The molecule has 0 heterocycles. The number of esters is 2. The van der Waals surface area contributed by atoms with Crippen molar-refractivity contribution in [2.24, 2.45) is 0 Å². The summed E-state index contributed by atoms with van der Waals surface area (Å²) in [7, 11) is 0. The Morgan fingerprint density at radius 2 is 0.750 bits per heavy atom. The number of carbonyl (C=O) groups is 2. The van der Waals surface area contributed by atoms with Crippen LogP contribution in [0.1, 0.15) is 220 Å². The van der Waals surface area contributed by atoms with Crippen molar-refractivity contribution in [3.05, 3.63) is 23.3 Å². The van der Waals surface area contributed by atoms with E-state index < -0.39 is 0 Å². The van der Waals surface area contributed by atoms with E-state index in [1.807, 2.05) is 0 Å². The largest absolute Gasteiger partial charge is 0.463 e. The number of hydrogen-bond donors (Lipinski definition) is 1. The van der Waals surface area contributed by atoms with Gasteiger partial charge in [0.25, 0.3) is 0 Å². The van der Waals surface area contributed by atoms with E-state index in [0.717, 1.165) is 110 Å². The molecule has 6 heteroatoms. The van der Waals surface area contributed by atoms with E-state index in [2.05, 4.69) is 32.6 Å². The summed E-state index contributed by atoms with van der Waals surface area (Å²) in [5, 5.41) is 9.26. The number of aliphatic hydroxyl groups excluding tert-OH is 1. The van der Waals surface area contributed by atoms with Gasteiger partial charge >= 0.3 is 11.9 Å². The minimum absolute atomic E-state index is 0.145. The number of hydrogen-bond acceptors (Lipinski definition) is 6. The Morgan fingerprint density at radius 3 is 1.13 bits per heavy atom. The molecule has 0 aliphatic rings. The minimum atomic E-state index is -0.145. The molecule has 0 unspecified atom stereocenters. The lowest BCUT2D eigenvalue weighted by Gasteiger charge is -2.22. The summed E-state index contributed by atoms with van der Waals surface area (Å²) in [5.41, 5.74) is 2.54. The maximum absolute atomic E-state index is 12.4. The van der Waals surface area contributed by atoms with Crippen LogP contribution in [-0.2, 0) is 19.1 Å². The average molecular weight is 734 g/mol. The van der Waals surface area contributed by atoms with Crippen LogP contribution in [0.4, 0.5) is 0 Å². The predicted octanol–water partition coefficient (Wildman–Crippen LogP) is 13.0. The summed E-state index contributed by atoms with van der Waals surface area (Å²) in [5.74, 6) is -0.290. The predicted molar refractivity (Wildman–Crippen MR) is 223 cm³/mol. The molecule has 0 radical (unpaired) electrons. The van der Waals surface area contributed by atoms with Crippen LogP contribution in [0, 0.1) is 0 Å². The fourth-order valence-corrected chi connectivity index (χ4v) is 6.74. The highest BCUT2D eigenvalue weighted by atomic mass is 16.5. The molecule has 0 aromatic heterocycles. The molecule has 306 valence electrons. The maximum atomic E-state index is 12.4. The third-order valence-corrected chi connectivity index (χ3v) is 10.2. The Labute approximate surface area is 323 Å². The van der Waals surface area contributed by atoms with Crippen LogP contribution >= 0.6 is 0 Å². The molecule has 0 saturated carbocycles. The number of nitrogens with zero attached hydrogens (tertiary/aromatic N) is 1. The maximum Gasteiger partial charge on any atom is 0.330 e. The number of rotatable bonds is 40. The van der Waals surface area contributed by atoms with E-state index in [-0.39, 0.29) is 18.5 Å². The molecule has 0 fully saturated rings. The molecule has 0 bridgehead atoms. The topological polar surface area (TPSA) is 76.1 Å². The fourth-order valence-electron chi connectivity index (χ4n) is 6.74. The number of carbonyl (C=O) groups excluding carboxylic acids is 2. The van der Waals surface area contributed by atoms with E-state index in [9.17, 15) is 14.7 Å². The molecular weight excluding hydrogens is 647 g/mol. The van der Waals surface area contributed by atoms with Crippen LogP contribution < -0.4 is 0 Å². The summed E-state index contributed by atoms with van der Waals surface area (Å²) in [4.78, 5) is 27.4. The second-order valence-corrected chi connectivity index (χ2v) is 15.3. The Bertz CT molecular complexity index is 790. The van der Waals surface area contributed by atoms with Crippen LogP contribution in [-0.4, -0.2) is 61.4 Å². The van der Waals surface area contributed by atoms with Gasteiger partial charge in [0, 0.05) is 18.8 Å². The van der Waals surface area contributed by atoms with Crippen LogP contribution in [0.5, 0.6) is 0 Å². The van der Waals surface area contributed by atoms with Crippen LogP contribution in [0.25, 0.3) is 0 Å². The van der Waals surface area contributed by atoms with Gasteiger partial charge in [-0.1, -0.05) is 142 Å². The highest BCUT2D eigenvalue weighted by molar-refractivity contribution is 5.83. The molecule has 0 spiro atoms. The summed E-state index contributed by atoms with van der Waals surface area (Å²) in [6.07, 6.45) is 38.1. The lowest BCUT2D eigenvalue weighted by molar-refractivity contribution is -0.138. The third kappa shape index (κ3) is 35.4. The van der Waals surface area contributed by atoms with Gasteiger partial charge in [-0.15, -0.1) is 0 Å². The highest BCUT2D eigenvalue weighted by Crippen LogP contribution is 2.18. The number of aliphatic hydroxyl groups is 1. The van der Waals surface area contributed by atoms with Gasteiger partial charge in [-0.25, -0.2) is 9.59 Å². The monoisotopic (exact) mass is 734 g/mol. The molecule has 0 saturated heterocycles. The molecule has 0 aromatic rings. The van der Waals surface area contributed by atoms with E-state index in [1.165, 1.54) is 114 Å². The van der Waals surface area contributed by atoms with E-state index in [0.29, 0.717) is 13.2 Å². The van der Waals surface area contributed by atoms with Gasteiger partial charge in [0.1, 0.15) is 0 Å². The van der Waals surface area contributed by atoms with Crippen molar-refractivity contribution in [1.82, 2.24) is 4.90 Å². The van der Waals surface area contributed by atoms with E-state index in [4.69, 9.17) is 9.47 Å². The lowest BCUT2D eigenvalue weighted by atomic mass is 10.0. The zero-order valence-electron chi connectivity index (χ0n) is 35.1. The smallest absolute Gasteiger partial charge is 0.330 e. The SMILES string of the molecule is CCCCCC/C(=C\C(=O)OCCCCCCCCN(CCCCO)CCCCCCCCOC(=O)/C=C(\CCCC)CCCCCC)CCCC. The van der Waals surface area contributed by atoms with Gasteiger partial charge in [-0.3, -0.25) is 0 Å². The van der Waals surface area contributed by atoms with Gasteiger partial charge in [-0.05, 0) is 110 Å². The zero-order valence-corrected chi connectivity index (χ0v) is 35.1. The van der Waals surface area contributed by atoms with Gasteiger partial charge in [0.15, 0.2) is 0 Å². The molecule has 0 atom stereocenters. The Morgan fingerprint density at radius 1 is 0.423 bits per heavy atom. The van der Waals surface area contributed by atoms with Gasteiger partial charge in [0.2, 0.25) is 0 Å². The first-order valence-corrected chi connectivity index (χ1v) is 22.6. The molecule has 0 aliphatic carbocycles. The normalized spacial score (nSPS) is 12.2. The second kappa shape index (κ2) is 40.5. The molecule has 0 amide bonds. The first-order valence-electron chi connectivity index (χ1n) is 22.6. The highest BCUT2D eigenvalue weighted by Gasteiger charge is 2.07. The summed E-state index contributed by atoms with van der Waals surface area (Å²) in [6, 6.07) is 0. The molecular formula is C46H87NO5. The summed E-state index contributed by atoms with van der Waals surface area (Å²) >= 11 is 0. The fraction of sp³-hybridized carbons (Fsp3) is 0.870. The quantitative estimate of drug-likeness (QED) is 0.0384. The number of unbranched alkanes of at least 4 members (excludes halogenated alkanes) is 19. The van der Waals surface area contributed by atoms with Crippen LogP contribution in [0.3, 0.4) is 0 Å². The molecule has 1 N–H and O–H groups in total. The molecule has 0 aromatic carbocycles. The first-order chi connectivity index (χ1) is 25.5. The van der Waals surface area contributed by atoms with Crippen molar-refractivity contribution in [2.45, 2.75) is 220 Å². The summed E-state index contributed by atoms with van der Waals surface area (Å²) < 4.78 is 11.1. The molecule has 52 heavy (non-hydrogen) atoms. The standard InChI is InChI=1S/C46H87NO5/c1-5-9-13-23-33-43(31-11-7-3)41-45(49)51-39-29-21-17-15-19-25-35-47(37-27-28-38-48)36-26-20-16-18-22-30-40-52-46(50)42-44(32-12-8-4)34-24-14-10-6-2/h41-42,48H,5-40H2,1-4H3/b43-41-,44-42+. The van der Waals surface area contributed by atoms with E-state index in [1.54, 1.807) is 12.2 Å². The first kappa shape index (κ1) is 50.3. The van der Waals surface area contributed by atoms with Crippen molar-refractivity contribution in [1.29, 1.82) is 0 Å². The van der Waals surface area contributed by atoms with Gasteiger partial charge in [-0.2, -0.15) is 0 Å². The van der Waals surface area contributed by atoms with Crippen molar-refractivity contribution in [3.8, 4) is 0 Å². The number of ether oxygens (including phenoxy) is 2. The Hall–Kier alpha value is -1.66. The van der Waals surface area contributed by atoms with Gasteiger partial charge < -0.3 is 19.5 Å². The Balaban J connectivity index is 4.10. The molecule has 0 aliphatic heterocycles. The molecule has 6 nitrogen and oxygen atoms in total. The van der Waals surface area contributed by atoms with Crippen molar-refractivity contribution in [3.63, 3.8) is 0 Å². The Kier molecular flexibility index (Phi) is 39.2. The van der Waals surface area contributed by atoms with Crippen molar-refractivity contribution < 1.29 is 24.2 Å². The van der Waals surface area contributed by atoms with E-state index >= 15 is 0 Å². The second-order valence-electron chi connectivity index (χ2n) is 15.3. The summed E-state index contributed by atoms with van der Waals surface area (Å²) in [6.45, 7) is 13.6. The van der Waals surface area contributed by atoms with Crippen molar-refractivity contribution >= 4 is 11.9 Å². The third-order valence-electron chi connectivity index (χ3n) is 10.2. The lowest BCUT2D eigenvalue weighted by Crippen LogP contribution is -2.27. The number of allylic oxidation sites excluding steroid dienone is 2. The van der Waals surface area contributed by atoms with Crippen LogP contribution in [0.2, 0.25) is 0 Å². The van der Waals surface area contributed by atoms with Crippen LogP contribution in [0.15, 0.2) is 23.3 Å².